The van der Waals surface area contributed by atoms with Gasteiger partial charge in [0.1, 0.15) is 0 Å². The van der Waals surface area contributed by atoms with Crippen LogP contribution in [-0.4, -0.2) is 18.1 Å². The Morgan fingerprint density at radius 2 is 2.06 bits per heavy atom. The molecule has 1 aromatic carbocycles. The van der Waals surface area contributed by atoms with Gasteiger partial charge in [0, 0.05) is 13.1 Å². The monoisotopic (exact) mass is 218 g/mol. The number of nitrogens with zero attached hydrogens (tertiary/aromatic N) is 1. The molecule has 0 amide bonds. The zero-order chi connectivity index (χ0) is 11.4. The van der Waals surface area contributed by atoms with Gasteiger partial charge in [-0.05, 0) is 36.3 Å². The van der Waals surface area contributed by atoms with Crippen molar-refractivity contribution in [3.8, 4) is 0 Å². The van der Waals surface area contributed by atoms with Crippen LogP contribution in [0.2, 0.25) is 0 Å². The number of rotatable bonds is 4. The summed E-state index contributed by atoms with van der Waals surface area (Å²) >= 11 is 0. The first kappa shape index (κ1) is 11.6. The van der Waals surface area contributed by atoms with E-state index in [4.69, 9.17) is 5.84 Å². The van der Waals surface area contributed by atoms with Crippen LogP contribution in [0.1, 0.15) is 43.2 Å². The second-order valence-electron chi connectivity index (χ2n) is 4.83. The fourth-order valence-electron chi connectivity index (χ4n) is 2.40. The molecule has 0 aliphatic carbocycles. The molecule has 0 bridgehead atoms. The van der Waals surface area contributed by atoms with Crippen LogP contribution in [0.25, 0.3) is 0 Å². The summed E-state index contributed by atoms with van der Waals surface area (Å²) in [5, 5.41) is 1.93. The Morgan fingerprint density at radius 1 is 1.31 bits per heavy atom. The summed E-state index contributed by atoms with van der Waals surface area (Å²) in [6.07, 6.45) is 4.97. The van der Waals surface area contributed by atoms with Crippen LogP contribution in [0.3, 0.4) is 0 Å². The van der Waals surface area contributed by atoms with Crippen LogP contribution in [-0.2, 0) is 6.42 Å². The Bertz CT molecular complexity index is 318. The second-order valence-corrected chi connectivity index (χ2v) is 4.83. The zero-order valence-corrected chi connectivity index (χ0v) is 10.2. The molecular formula is C14H22N2. The second kappa shape index (κ2) is 5.46. The molecule has 2 N–H and O–H groups in total. The molecule has 1 aliphatic heterocycles. The number of hydrogen-bond donors (Lipinski definition) is 1. The van der Waals surface area contributed by atoms with Crippen molar-refractivity contribution < 1.29 is 0 Å². The largest absolute Gasteiger partial charge is 0.269 e. The summed E-state index contributed by atoms with van der Waals surface area (Å²) in [5.41, 5.74) is 2.92. The summed E-state index contributed by atoms with van der Waals surface area (Å²) < 4.78 is 0. The van der Waals surface area contributed by atoms with Gasteiger partial charge >= 0.3 is 0 Å². The number of nitrogens with two attached hydrogens (primary N) is 1. The highest BCUT2D eigenvalue weighted by Crippen LogP contribution is 2.25. The van der Waals surface area contributed by atoms with Crippen LogP contribution < -0.4 is 5.84 Å². The minimum atomic E-state index is 0.644. The third-order valence-corrected chi connectivity index (χ3v) is 3.49. The average molecular weight is 218 g/mol. The molecule has 1 aromatic rings. The normalized spacial score (nSPS) is 21.5. The molecule has 1 saturated heterocycles. The smallest absolute Gasteiger partial charge is 0.0197 e. The van der Waals surface area contributed by atoms with Gasteiger partial charge in [0.15, 0.2) is 0 Å². The van der Waals surface area contributed by atoms with E-state index >= 15 is 0 Å². The van der Waals surface area contributed by atoms with E-state index in [0.29, 0.717) is 5.92 Å². The van der Waals surface area contributed by atoms with Gasteiger partial charge in [0.2, 0.25) is 0 Å². The van der Waals surface area contributed by atoms with Crippen LogP contribution in [0.4, 0.5) is 0 Å². The molecule has 1 unspecified atom stereocenters. The molecule has 1 heterocycles. The van der Waals surface area contributed by atoms with E-state index in [0.717, 1.165) is 13.1 Å². The number of unbranched alkanes of at least 4 members (excludes halogenated alkanes) is 1. The van der Waals surface area contributed by atoms with Crippen molar-refractivity contribution in [3.63, 3.8) is 0 Å². The van der Waals surface area contributed by atoms with Crippen molar-refractivity contribution in [3.05, 3.63) is 35.4 Å². The highest BCUT2D eigenvalue weighted by molar-refractivity contribution is 5.26. The van der Waals surface area contributed by atoms with Crippen molar-refractivity contribution in [1.82, 2.24) is 5.01 Å². The van der Waals surface area contributed by atoms with Crippen LogP contribution in [0, 0.1) is 0 Å². The lowest BCUT2D eigenvalue weighted by atomic mass is 9.96. The van der Waals surface area contributed by atoms with E-state index in [1.165, 1.54) is 36.8 Å². The Labute approximate surface area is 98.4 Å². The summed E-state index contributed by atoms with van der Waals surface area (Å²) in [6, 6.07) is 9.14. The van der Waals surface area contributed by atoms with E-state index in [2.05, 4.69) is 31.2 Å². The minimum Gasteiger partial charge on any atom is -0.269 e. The first-order valence-electron chi connectivity index (χ1n) is 6.38. The number of aryl methyl sites for hydroxylation is 1. The number of hydrazine groups is 1. The van der Waals surface area contributed by atoms with Crippen molar-refractivity contribution >= 4 is 0 Å². The summed E-state index contributed by atoms with van der Waals surface area (Å²) in [4.78, 5) is 0. The SMILES string of the molecule is CCCCc1ccc(C2CCN(N)C2)cc1. The zero-order valence-electron chi connectivity index (χ0n) is 10.2. The lowest BCUT2D eigenvalue weighted by molar-refractivity contribution is 0.350. The fourth-order valence-corrected chi connectivity index (χ4v) is 2.40. The highest BCUT2D eigenvalue weighted by atomic mass is 15.4. The van der Waals surface area contributed by atoms with Crippen molar-refractivity contribution in [2.45, 2.75) is 38.5 Å². The maximum Gasteiger partial charge on any atom is 0.0197 e. The Kier molecular flexibility index (Phi) is 3.97. The molecule has 0 saturated carbocycles. The molecule has 2 nitrogen and oxygen atoms in total. The number of benzene rings is 1. The molecule has 1 fully saturated rings. The third-order valence-electron chi connectivity index (χ3n) is 3.49. The highest BCUT2D eigenvalue weighted by Gasteiger charge is 2.21. The van der Waals surface area contributed by atoms with Crippen LogP contribution >= 0.6 is 0 Å². The van der Waals surface area contributed by atoms with Gasteiger partial charge in [0.25, 0.3) is 0 Å². The maximum atomic E-state index is 5.79. The predicted octanol–water partition coefficient (Wildman–Crippen LogP) is 2.69. The van der Waals surface area contributed by atoms with Crippen molar-refractivity contribution in [2.75, 3.05) is 13.1 Å². The molecule has 1 atom stereocenters. The molecule has 0 aromatic heterocycles. The van der Waals surface area contributed by atoms with E-state index in [1.807, 2.05) is 5.01 Å². The molecule has 88 valence electrons. The molecule has 16 heavy (non-hydrogen) atoms. The molecular weight excluding hydrogens is 196 g/mol. The van der Waals surface area contributed by atoms with Gasteiger partial charge in [-0.1, -0.05) is 37.6 Å². The van der Waals surface area contributed by atoms with Gasteiger partial charge < -0.3 is 0 Å². The van der Waals surface area contributed by atoms with Crippen LogP contribution in [0.5, 0.6) is 0 Å². The van der Waals surface area contributed by atoms with E-state index < -0.39 is 0 Å². The Balaban J connectivity index is 1.96. The van der Waals surface area contributed by atoms with Crippen LogP contribution in [0.15, 0.2) is 24.3 Å². The van der Waals surface area contributed by atoms with Gasteiger partial charge in [0.05, 0.1) is 0 Å². The standard InChI is InChI=1S/C14H22N2/c1-2-3-4-12-5-7-13(8-6-12)14-9-10-16(15)11-14/h5-8,14H,2-4,9-11,15H2,1H3. The van der Waals surface area contributed by atoms with Gasteiger partial charge in [-0.3, -0.25) is 5.84 Å². The van der Waals surface area contributed by atoms with Crippen molar-refractivity contribution in [2.24, 2.45) is 5.84 Å². The Hall–Kier alpha value is -0.860. The minimum absolute atomic E-state index is 0.644. The molecule has 2 rings (SSSR count). The first-order valence-corrected chi connectivity index (χ1v) is 6.38. The molecule has 1 aliphatic rings. The van der Waals surface area contributed by atoms with Crippen molar-refractivity contribution in [1.29, 1.82) is 0 Å². The molecule has 0 spiro atoms. The molecule has 2 heteroatoms. The van der Waals surface area contributed by atoms with Gasteiger partial charge in [-0.25, -0.2) is 5.01 Å². The number of hydrogen-bond acceptors (Lipinski definition) is 2. The first-order chi connectivity index (χ1) is 7.79. The fraction of sp³-hybridized carbons (Fsp3) is 0.571. The average Bonchev–Trinajstić information content (AvgIpc) is 2.74. The summed E-state index contributed by atoms with van der Waals surface area (Å²) in [7, 11) is 0. The van der Waals surface area contributed by atoms with E-state index in [1.54, 1.807) is 0 Å². The quantitative estimate of drug-likeness (QED) is 0.787. The maximum absolute atomic E-state index is 5.79. The lowest BCUT2D eigenvalue weighted by Gasteiger charge is -2.11. The topological polar surface area (TPSA) is 29.3 Å². The van der Waals surface area contributed by atoms with Gasteiger partial charge in [-0.15, -0.1) is 0 Å². The lowest BCUT2D eigenvalue weighted by Crippen LogP contribution is -2.27. The predicted molar refractivity (Wildman–Crippen MR) is 68.2 cm³/mol. The van der Waals surface area contributed by atoms with E-state index in [-0.39, 0.29) is 0 Å². The third kappa shape index (κ3) is 2.83. The Morgan fingerprint density at radius 3 is 2.62 bits per heavy atom. The molecule has 0 radical (unpaired) electrons. The summed E-state index contributed by atoms with van der Waals surface area (Å²) in [5.74, 6) is 6.44. The summed E-state index contributed by atoms with van der Waals surface area (Å²) in [6.45, 7) is 4.28. The van der Waals surface area contributed by atoms with Gasteiger partial charge in [-0.2, -0.15) is 0 Å². The van der Waals surface area contributed by atoms with E-state index in [9.17, 15) is 0 Å².